The molecule has 7 nitrogen and oxygen atoms in total. The van der Waals surface area contributed by atoms with Crippen molar-refractivity contribution >= 4 is 16.7 Å². The van der Waals surface area contributed by atoms with Crippen molar-refractivity contribution in [3.05, 3.63) is 33.7 Å². The first-order valence-electron chi connectivity index (χ1n) is 8.26. The number of H-pyrrole nitrogens is 1. The largest absolute Gasteiger partial charge is 0.378 e. The van der Waals surface area contributed by atoms with Gasteiger partial charge in [0, 0.05) is 27.3 Å². The first-order valence-corrected chi connectivity index (χ1v) is 8.26. The summed E-state index contributed by atoms with van der Waals surface area (Å²) in [6.45, 7) is 3.86. The first kappa shape index (κ1) is 17.4. The van der Waals surface area contributed by atoms with E-state index in [0.717, 1.165) is 18.5 Å². The van der Waals surface area contributed by atoms with E-state index in [-0.39, 0.29) is 16.7 Å². The number of hydrogen-bond donors (Lipinski definition) is 1. The van der Waals surface area contributed by atoms with Gasteiger partial charge in [0.15, 0.2) is 0 Å². The predicted molar refractivity (Wildman–Crippen MR) is 94.7 cm³/mol. The van der Waals surface area contributed by atoms with Crippen LogP contribution >= 0.6 is 0 Å². The summed E-state index contributed by atoms with van der Waals surface area (Å²) in [6.07, 6.45) is 1.64. The van der Waals surface area contributed by atoms with Crippen molar-refractivity contribution in [3.63, 3.8) is 0 Å². The topological polar surface area (TPSA) is 91.2 Å². The minimum atomic E-state index is -0.383. The third-order valence-electron chi connectivity index (χ3n) is 4.92. The third kappa shape index (κ3) is 3.23. The Balaban J connectivity index is 2.13. The molecule has 0 atom stereocenters. The fraction of sp³-hybridized carbons (Fsp3) is 0.500. The molecule has 0 radical (unpaired) electrons. The Labute approximate surface area is 146 Å². The van der Waals surface area contributed by atoms with Gasteiger partial charge in [-0.1, -0.05) is 0 Å². The number of rotatable bonds is 4. The second-order valence-electron chi connectivity index (χ2n) is 6.56. The molecule has 1 aliphatic heterocycles. The molecule has 1 saturated heterocycles. The molecule has 25 heavy (non-hydrogen) atoms. The average molecular weight is 342 g/mol. The van der Waals surface area contributed by atoms with Crippen molar-refractivity contribution in [2.45, 2.75) is 32.0 Å². The Bertz CT molecular complexity index is 876. The van der Waals surface area contributed by atoms with Crippen LogP contribution in [0.3, 0.4) is 0 Å². The fourth-order valence-corrected chi connectivity index (χ4v) is 3.24. The SMILES string of the molecule is COCc1ccc2[nH]c(=O)c(C#N)c(N3CCC(C)(OC)CC3)c2n1. The van der Waals surface area contributed by atoms with Gasteiger partial charge in [0.1, 0.15) is 17.1 Å². The van der Waals surface area contributed by atoms with Gasteiger partial charge < -0.3 is 19.4 Å². The standard InChI is InChI=1S/C18H22N4O3/c1-18(25-3)6-8-22(9-7-18)16-13(10-19)17(23)21-14-5-4-12(11-24-2)20-15(14)16/h4-5H,6-9,11H2,1-3H3,(H,21,23). The number of ether oxygens (including phenoxy) is 2. The highest BCUT2D eigenvalue weighted by atomic mass is 16.5. The van der Waals surface area contributed by atoms with Crippen LogP contribution in [-0.4, -0.2) is 42.9 Å². The summed E-state index contributed by atoms with van der Waals surface area (Å²) in [4.78, 5) is 21.8. The zero-order valence-electron chi connectivity index (χ0n) is 14.8. The van der Waals surface area contributed by atoms with Gasteiger partial charge in [0.25, 0.3) is 5.56 Å². The number of hydrogen-bond acceptors (Lipinski definition) is 6. The number of piperidine rings is 1. The maximum absolute atomic E-state index is 12.3. The molecule has 3 rings (SSSR count). The summed E-state index contributed by atoms with van der Waals surface area (Å²) < 4.78 is 10.7. The second-order valence-corrected chi connectivity index (χ2v) is 6.56. The molecule has 1 N–H and O–H groups in total. The molecule has 3 heterocycles. The van der Waals surface area contributed by atoms with E-state index < -0.39 is 0 Å². The summed E-state index contributed by atoms with van der Waals surface area (Å²) >= 11 is 0. The van der Waals surface area contributed by atoms with Gasteiger partial charge in [-0.15, -0.1) is 0 Å². The van der Waals surface area contributed by atoms with Crippen LogP contribution in [0.5, 0.6) is 0 Å². The van der Waals surface area contributed by atoms with Gasteiger partial charge in [-0.3, -0.25) is 4.79 Å². The maximum Gasteiger partial charge on any atom is 0.268 e. The molecule has 2 aromatic rings. The lowest BCUT2D eigenvalue weighted by Gasteiger charge is -2.39. The van der Waals surface area contributed by atoms with Gasteiger partial charge >= 0.3 is 0 Å². The van der Waals surface area contributed by atoms with E-state index in [9.17, 15) is 10.1 Å². The molecule has 132 valence electrons. The Morgan fingerprint density at radius 1 is 1.36 bits per heavy atom. The fourth-order valence-electron chi connectivity index (χ4n) is 3.24. The number of aromatic amines is 1. The van der Waals surface area contributed by atoms with E-state index in [2.05, 4.69) is 27.9 Å². The number of fused-ring (bicyclic) bond motifs is 1. The van der Waals surface area contributed by atoms with Gasteiger partial charge in [0.2, 0.25) is 0 Å². The summed E-state index contributed by atoms with van der Waals surface area (Å²) in [5.74, 6) is 0. The second kappa shape index (κ2) is 6.82. The van der Waals surface area contributed by atoms with E-state index in [4.69, 9.17) is 9.47 Å². The molecule has 0 saturated carbocycles. The number of pyridine rings is 2. The lowest BCUT2D eigenvalue weighted by molar-refractivity contribution is -0.0132. The maximum atomic E-state index is 12.3. The van der Waals surface area contributed by atoms with Crippen LogP contribution in [0.4, 0.5) is 5.69 Å². The smallest absolute Gasteiger partial charge is 0.268 e. The third-order valence-corrected chi connectivity index (χ3v) is 4.92. The van der Waals surface area contributed by atoms with E-state index >= 15 is 0 Å². The van der Waals surface area contributed by atoms with Crippen LogP contribution in [0.1, 0.15) is 31.0 Å². The molecule has 1 fully saturated rings. The number of nitriles is 1. The molecule has 0 amide bonds. The van der Waals surface area contributed by atoms with Crippen molar-refractivity contribution in [3.8, 4) is 6.07 Å². The van der Waals surface area contributed by atoms with Crippen LogP contribution in [0, 0.1) is 11.3 Å². The predicted octanol–water partition coefficient (Wildman–Crippen LogP) is 1.95. The molecule has 0 unspecified atom stereocenters. The molecule has 7 heteroatoms. The molecule has 0 aromatic carbocycles. The highest BCUT2D eigenvalue weighted by Crippen LogP contribution is 2.32. The molecule has 0 bridgehead atoms. The molecular weight excluding hydrogens is 320 g/mol. The number of nitrogens with zero attached hydrogens (tertiary/aromatic N) is 3. The average Bonchev–Trinajstić information content (AvgIpc) is 2.62. The van der Waals surface area contributed by atoms with E-state index in [1.54, 1.807) is 14.2 Å². The number of anilines is 1. The summed E-state index contributed by atoms with van der Waals surface area (Å²) in [6, 6.07) is 5.68. The summed E-state index contributed by atoms with van der Waals surface area (Å²) in [5, 5.41) is 9.54. The molecule has 0 spiro atoms. The van der Waals surface area contributed by atoms with E-state index in [1.165, 1.54) is 0 Å². The lowest BCUT2D eigenvalue weighted by atomic mass is 9.92. The first-order chi connectivity index (χ1) is 12.0. The van der Waals surface area contributed by atoms with Crippen molar-refractivity contribution < 1.29 is 9.47 Å². The van der Waals surface area contributed by atoms with Crippen LogP contribution in [0.15, 0.2) is 16.9 Å². The van der Waals surface area contributed by atoms with Crippen molar-refractivity contribution in [2.24, 2.45) is 0 Å². The number of nitrogens with one attached hydrogen (secondary N) is 1. The lowest BCUT2D eigenvalue weighted by Crippen LogP contribution is -2.44. The monoisotopic (exact) mass is 342 g/mol. The normalized spacial score (nSPS) is 16.8. The highest BCUT2D eigenvalue weighted by molar-refractivity contribution is 5.91. The van der Waals surface area contributed by atoms with Crippen LogP contribution < -0.4 is 10.5 Å². The van der Waals surface area contributed by atoms with Gasteiger partial charge in [-0.05, 0) is 31.9 Å². The Morgan fingerprint density at radius 3 is 2.68 bits per heavy atom. The Morgan fingerprint density at radius 2 is 2.08 bits per heavy atom. The molecule has 2 aromatic heterocycles. The quantitative estimate of drug-likeness (QED) is 0.913. The number of methoxy groups -OCH3 is 2. The van der Waals surface area contributed by atoms with Crippen LogP contribution in [0.25, 0.3) is 11.0 Å². The van der Waals surface area contributed by atoms with Crippen molar-refractivity contribution in [1.82, 2.24) is 9.97 Å². The van der Waals surface area contributed by atoms with Gasteiger partial charge in [-0.25, -0.2) is 4.98 Å². The van der Waals surface area contributed by atoms with E-state index in [1.807, 2.05) is 12.1 Å². The summed E-state index contributed by atoms with van der Waals surface area (Å²) in [7, 11) is 3.33. The zero-order chi connectivity index (χ0) is 18.0. The van der Waals surface area contributed by atoms with Gasteiger partial charge in [-0.2, -0.15) is 5.26 Å². The molecular formula is C18H22N4O3. The number of aromatic nitrogens is 2. The Kier molecular flexibility index (Phi) is 4.75. The van der Waals surface area contributed by atoms with Gasteiger partial charge in [0.05, 0.1) is 29.1 Å². The molecule has 1 aliphatic rings. The Hall–Kier alpha value is -2.43. The minimum absolute atomic E-state index is 0.107. The minimum Gasteiger partial charge on any atom is -0.378 e. The van der Waals surface area contributed by atoms with E-state index in [0.29, 0.717) is 36.4 Å². The van der Waals surface area contributed by atoms with Crippen LogP contribution in [0.2, 0.25) is 0 Å². The zero-order valence-corrected chi connectivity index (χ0v) is 14.8. The van der Waals surface area contributed by atoms with Crippen LogP contribution in [-0.2, 0) is 16.1 Å². The van der Waals surface area contributed by atoms with Crippen molar-refractivity contribution in [2.75, 3.05) is 32.2 Å². The summed E-state index contributed by atoms with van der Waals surface area (Å²) in [5.41, 5.74) is 2.17. The molecule has 0 aliphatic carbocycles. The highest BCUT2D eigenvalue weighted by Gasteiger charge is 2.32. The van der Waals surface area contributed by atoms with Crippen molar-refractivity contribution in [1.29, 1.82) is 5.26 Å².